The summed E-state index contributed by atoms with van der Waals surface area (Å²) in [4.78, 5) is 2.60. The highest BCUT2D eigenvalue weighted by molar-refractivity contribution is 4.93. The molecule has 0 saturated carbocycles. The predicted molar refractivity (Wildman–Crippen MR) is 61.8 cm³/mol. The van der Waals surface area contributed by atoms with Crippen LogP contribution in [-0.2, 0) is 4.74 Å². The molecule has 2 rings (SSSR count). The van der Waals surface area contributed by atoms with Gasteiger partial charge in [-0.3, -0.25) is 4.90 Å². The van der Waals surface area contributed by atoms with E-state index in [1.54, 1.807) is 0 Å². The fraction of sp³-hybridized carbons (Fsp3) is 1.00. The van der Waals surface area contributed by atoms with Crippen LogP contribution in [0, 0.1) is 5.92 Å². The van der Waals surface area contributed by atoms with Gasteiger partial charge in [-0.1, -0.05) is 6.92 Å². The quantitative estimate of drug-likeness (QED) is 0.710. The molecule has 0 aromatic rings. The van der Waals surface area contributed by atoms with Crippen LogP contribution in [0.4, 0.5) is 0 Å². The Morgan fingerprint density at radius 3 is 2.87 bits per heavy atom. The second-order valence-corrected chi connectivity index (χ2v) is 5.53. The van der Waals surface area contributed by atoms with Crippen LogP contribution < -0.4 is 5.73 Å². The first-order chi connectivity index (χ1) is 7.12. The minimum absolute atomic E-state index is 0.270. The molecular formula is C12H24N2O. The number of hydrogen-bond donors (Lipinski definition) is 1. The van der Waals surface area contributed by atoms with Crippen molar-refractivity contribution in [1.29, 1.82) is 0 Å². The molecule has 2 heterocycles. The van der Waals surface area contributed by atoms with Gasteiger partial charge in [0.1, 0.15) is 0 Å². The van der Waals surface area contributed by atoms with Crippen LogP contribution in [0.1, 0.15) is 33.1 Å². The normalized spacial score (nSPS) is 44.2. The number of piperidine rings is 1. The minimum Gasteiger partial charge on any atom is -0.380 e. The van der Waals surface area contributed by atoms with Gasteiger partial charge >= 0.3 is 0 Å². The molecule has 0 amide bonds. The van der Waals surface area contributed by atoms with Gasteiger partial charge in [-0.15, -0.1) is 0 Å². The van der Waals surface area contributed by atoms with E-state index in [4.69, 9.17) is 10.5 Å². The molecule has 0 aromatic carbocycles. The second-order valence-electron chi connectivity index (χ2n) is 5.53. The Hall–Kier alpha value is -0.120. The molecule has 0 bridgehead atoms. The molecule has 3 unspecified atom stereocenters. The maximum absolute atomic E-state index is 6.06. The van der Waals surface area contributed by atoms with Gasteiger partial charge in [-0.2, -0.15) is 0 Å². The maximum atomic E-state index is 6.06. The van der Waals surface area contributed by atoms with Gasteiger partial charge in [-0.05, 0) is 32.1 Å². The van der Waals surface area contributed by atoms with E-state index in [-0.39, 0.29) is 5.54 Å². The summed E-state index contributed by atoms with van der Waals surface area (Å²) < 4.78 is 5.63. The molecule has 88 valence electrons. The zero-order valence-electron chi connectivity index (χ0n) is 10.0. The summed E-state index contributed by atoms with van der Waals surface area (Å²) >= 11 is 0. The van der Waals surface area contributed by atoms with Gasteiger partial charge in [0.2, 0.25) is 0 Å². The van der Waals surface area contributed by atoms with Gasteiger partial charge in [-0.25, -0.2) is 0 Å². The molecule has 2 saturated heterocycles. The van der Waals surface area contributed by atoms with E-state index in [9.17, 15) is 0 Å². The Labute approximate surface area is 93.0 Å². The third kappa shape index (κ3) is 2.35. The summed E-state index contributed by atoms with van der Waals surface area (Å²) in [5, 5.41) is 0. The van der Waals surface area contributed by atoms with E-state index in [2.05, 4.69) is 18.7 Å². The van der Waals surface area contributed by atoms with Gasteiger partial charge in [0.05, 0.1) is 6.61 Å². The standard InChI is InChI=1S/C12H24N2O/c1-10-8-14(6-4-11(10)13)12(2)5-3-7-15-9-12/h10-11H,3-9,13H2,1-2H3. The van der Waals surface area contributed by atoms with Crippen LogP contribution >= 0.6 is 0 Å². The molecule has 0 spiro atoms. The molecule has 2 N–H and O–H groups in total. The Morgan fingerprint density at radius 1 is 1.47 bits per heavy atom. The van der Waals surface area contributed by atoms with Crippen molar-refractivity contribution in [1.82, 2.24) is 4.90 Å². The number of nitrogens with zero attached hydrogens (tertiary/aromatic N) is 1. The van der Waals surface area contributed by atoms with Crippen molar-refractivity contribution in [2.24, 2.45) is 11.7 Å². The van der Waals surface area contributed by atoms with E-state index in [1.165, 1.54) is 12.8 Å². The average molecular weight is 212 g/mol. The zero-order valence-corrected chi connectivity index (χ0v) is 10.0. The molecule has 0 radical (unpaired) electrons. The summed E-state index contributed by atoms with van der Waals surface area (Å²) in [6.07, 6.45) is 3.61. The number of hydrogen-bond acceptors (Lipinski definition) is 3. The average Bonchev–Trinajstić information content (AvgIpc) is 2.23. The third-order valence-corrected chi connectivity index (χ3v) is 4.15. The first-order valence-corrected chi connectivity index (χ1v) is 6.20. The van der Waals surface area contributed by atoms with E-state index in [0.717, 1.165) is 32.7 Å². The molecular weight excluding hydrogens is 188 g/mol. The zero-order chi connectivity index (χ0) is 10.9. The smallest absolute Gasteiger partial charge is 0.0647 e. The monoisotopic (exact) mass is 212 g/mol. The van der Waals surface area contributed by atoms with Crippen molar-refractivity contribution in [3.05, 3.63) is 0 Å². The molecule has 3 nitrogen and oxygen atoms in total. The lowest BCUT2D eigenvalue weighted by atomic mass is 9.86. The van der Waals surface area contributed by atoms with Crippen LogP contribution in [-0.4, -0.2) is 42.8 Å². The third-order valence-electron chi connectivity index (χ3n) is 4.15. The SMILES string of the molecule is CC1CN(C2(C)CCCOC2)CCC1N. The van der Waals surface area contributed by atoms with Crippen molar-refractivity contribution >= 4 is 0 Å². The number of rotatable bonds is 1. The van der Waals surface area contributed by atoms with Crippen LogP contribution in [0.2, 0.25) is 0 Å². The molecule has 0 aromatic heterocycles. The minimum atomic E-state index is 0.270. The molecule has 3 heteroatoms. The fourth-order valence-corrected chi connectivity index (χ4v) is 2.82. The van der Waals surface area contributed by atoms with Crippen LogP contribution in [0.3, 0.4) is 0 Å². The lowest BCUT2D eigenvalue weighted by Crippen LogP contribution is -2.58. The second kappa shape index (κ2) is 4.40. The summed E-state index contributed by atoms with van der Waals surface area (Å²) in [5.41, 5.74) is 6.33. The molecule has 2 aliphatic rings. The van der Waals surface area contributed by atoms with Crippen molar-refractivity contribution in [2.75, 3.05) is 26.3 Å². The largest absolute Gasteiger partial charge is 0.380 e. The van der Waals surface area contributed by atoms with E-state index >= 15 is 0 Å². The van der Waals surface area contributed by atoms with Crippen molar-refractivity contribution in [3.63, 3.8) is 0 Å². The first-order valence-electron chi connectivity index (χ1n) is 6.20. The Morgan fingerprint density at radius 2 is 2.27 bits per heavy atom. The number of ether oxygens (including phenoxy) is 1. The van der Waals surface area contributed by atoms with E-state index < -0.39 is 0 Å². The summed E-state index contributed by atoms with van der Waals surface area (Å²) in [5.74, 6) is 0.623. The predicted octanol–water partition coefficient (Wildman–Crippen LogP) is 1.22. The highest BCUT2D eigenvalue weighted by Gasteiger charge is 2.37. The number of likely N-dealkylation sites (tertiary alicyclic amines) is 1. The summed E-state index contributed by atoms with van der Waals surface area (Å²) in [6, 6.07) is 0.398. The lowest BCUT2D eigenvalue weighted by molar-refractivity contribution is -0.0560. The molecule has 0 aliphatic carbocycles. The molecule has 2 fully saturated rings. The van der Waals surface area contributed by atoms with Crippen LogP contribution in [0.15, 0.2) is 0 Å². The fourth-order valence-electron chi connectivity index (χ4n) is 2.82. The molecule has 3 atom stereocenters. The maximum Gasteiger partial charge on any atom is 0.0647 e. The van der Waals surface area contributed by atoms with Crippen molar-refractivity contribution in [3.8, 4) is 0 Å². The van der Waals surface area contributed by atoms with E-state index in [1.807, 2.05) is 0 Å². The van der Waals surface area contributed by atoms with Gasteiger partial charge in [0.25, 0.3) is 0 Å². The van der Waals surface area contributed by atoms with Gasteiger partial charge < -0.3 is 10.5 Å². The van der Waals surface area contributed by atoms with Gasteiger partial charge in [0, 0.05) is 31.3 Å². The van der Waals surface area contributed by atoms with Crippen molar-refractivity contribution in [2.45, 2.75) is 44.7 Å². The lowest BCUT2D eigenvalue weighted by Gasteiger charge is -2.48. The van der Waals surface area contributed by atoms with Crippen LogP contribution in [0.25, 0.3) is 0 Å². The topological polar surface area (TPSA) is 38.5 Å². The number of nitrogens with two attached hydrogens (primary N) is 1. The van der Waals surface area contributed by atoms with Crippen LogP contribution in [0.5, 0.6) is 0 Å². The highest BCUT2D eigenvalue weighted by atomic mass is 16.5. The van der Waals surface area contributed by atoms with E-state index in [0.29, 0.717) is 12.0 Å². The Balaban J connectivity index is 1.97. The first kappa shape index (κ1) is 11.4. The Bertz CT molecular complexity index is 214. The highest BCUT2D eigenvalue weighted by Crippen LogP contribution is 2.29. The Kier molecular flexibility index (Phi) is 3.33. The summed E-state index contributed by atoms with van der Waals surface area (Å²) in [6.45, 7) is 8.74. The summed E-state index contributed by atoms with van der Waals surface area (Å²) in [7, 11) is 0. The van der Waals surface area contributed by atoms with Crippen molar-refractivity contribution < 1.29 is 4.74 Å². The van der Waals surface area contributed by atoms with Gasteiger partial charge in [0.15, 0.2) is 0 Å². The molecule has 15 heavy (non-hydrogen) atoms. The molecule has 2 aliphatic heterocycles.